The van der Waals surface area contributed by atoms with E-state index in [1.54, 1.807) is 10.9 Å². The molecule has 2 aromatic rings. The van der Waals surface area contributed by atoms with Crippen molar-refractivity contribution in [1.82, 2.24) is 9.78 Å². The fraction of sp³-hybridized carbons (Fsp3) is 0.438. The largest absolute Gasteiger partial charge is 0.484 e. The highest BCUT2D eigenvalue weighted by atomic mass is 35.5. The maximum atomic E-state index is 6.22. The van der Waals surface area contributed by atoms with Gasteiger partial charge >= 0.3 is 0 Å². The van der Waals surface area contributed by atoms with E-state index in [1.807, 2.05) is 39.2 Å². The summed E-state index contributed by atoms with van der Waals surface area (Å²) in [7, 11) is 1.88. The molecule has 1 heterocycles. The first kappa shape index (κ1) is 15.9. The molecule has 5 heteroatoms. The van der Waals surface area contributed by atoms with Gasteiger partial charge in [-0.05, 0) is 43.5 Å². The van der Waals surface area contributed by atoms with Crippen LogP contribution in [0.4, 0.5) is 0 Å². The molecule has 0 saturated heterocycles. The summed E-state index contributed by atoms with van der Waals surface area (Å²) in [6.45, 7) is 6.00. The van der Waals surface area contributed by atoms with E-state index in [9.17, 15) is 0 Å². The average molecular weight is 308 g/mol. The lowest BCUT2D eigenvalue weighted by Crippen LogP contribution is -2.31. The molecule has 0 radical (unpaired) electrons. The summed E-state index contributed by atoms with van der Waals surface area (Å²) in [5.74, 6) is 0.784. The third-order valence-corrected chi connectivity index (χ3v) is 4.18. The summed E-state index contributed by atoms with van der Waals surface area (Å²) < 4.78 is 7.90. The Bertz CT molecular complexity index is 601. The van der Waals surface area contributed by atoms with Gasteiger partial charge in [0.05, 0.1) is 6.20 Å². The van der Waals surface area contributed by atoms with Crippen LogP contribution in [0.5, 0.6) is 5.75 Å². The highest BCUT2D eigenvalue weighted by Crippen LogP contribution is 2.30. The zero-order valence-corrected chi connectivity index (χ0v) is 13.7. The van der Waals surface area contributed by atoms with E-state index in [4.69, 9.17) is 22.1 Å². The molecule has 2 N–H and O–H groups in total. The molecular weight excluding hydrogens is 286 g/mol. The van der Waals surface area contributed by atoms with Crippen LogP contribution in [-0.2, 0) is 7.05 Å². The van der Waals surface area contributed by atoms with Gasteiger partial charge < -0.3 is 10.5 Å². The molecular formula is C16H22ClN3O. The van der Waals surface area contributed by atoms with Crippen LogP contribution in [0.15, 0.2) is 24.5 Å². The first-order chi connectivity index (χ1) is 9.92. The van der Waals surface area contributed by atoms with Gasteiger partial charge in [-0.15, -0.1) is 0 Å². The Kier molecular flexibility index (Phi) is 4.91. The van der Waals surface area contributed by atoms with Crippen molar-refractivity contribution >= 4 is 11.6 Å². The van der Waals surface area contributed by atoms with Crippen LogP contribution in [0.25, 0.3) is 0 Å². The predicted octanol–water partition coefficient (Wildman–Crippen LogP) is 3.55. The van der Waals surface area contributed by atoms with Gasteiger partial charge in [0.15, 0.2) is 0 Å². The molecule has 0 bridgehead atoms. The van der Waals surface area contributed by atoms with Gasteiger partial charge in [0.1, 0.15) is 11.9 Å². The van der Waals surface area contributed by atoms with Gasteiger partial charge in [-0.1, -0.05) is 18.5 Å². The molecule has 0 saturated carbocycles. The molecule has 2 atom stereocenters. The summed E-state index contributed by atoms with van der Waals surface area (Å²) in [5, 5.41) is 4.98. The molecule has 0 fully saturated rings. The lowest BCUT2D eigenvalue weighted by Gasteiger charge is -2.24. The molecule has 2 unspecified atom stereocenters. The van der Waals surface area contributed by atoms with E-state index < -0.39 is 0 Å². The van der Waals surface area contributed by atoms with E-state index in [1.165, 1.54) is 0 Å². The van der Waals surface area contributed by atoms with E-state index in [0.717, 1.165) is 33.9 Å². The molecule has 0 aliphatic rings. The fourth-order valence-corrected chi connectivity index (χ4v) is 2.43. The summed E-state index contributed by atoms with van der Waals surface area (Å²) in [6.07, 6.45) is 4.35. The number of rotatable bonds is 5. The molecule has 114 valence electrons. The van der Waals surface area contributed by atoms with Gasteiger partial charge in [0.2, 0.25) is 0 Å². The number of hydrogen-bond donors (Lipinski definition) is 1. The smallest absolute Gasteiger partial charge is 0.142 e. The number of ether oxygens (including phenoxy) is 1. The SMILES string of the molecule is CCC(N)C(Oc1cc(C)c(Cl)c(C)c1)c1cnn(C)c1. The molecule has 21 heavy (non-hydrogen) atoms. The van der Waals surface area contributed by atoms with Crippen molar-refractivity contribution in [2.75, 3.05) is 0 Å². The normalized spacial score (nSPS) is 14.0. The van der Waals surface area contributed by atoms with Crippen LogP contribution in [0.1, 0.15) is 36.1 Å². The zero-order valence-electron chi connectivity index (χ0n) is 12.9. The second-order valence-corrected chi connectivity index (χ2v) is 5.81. The second-order valence-electron chi connectivity index (χ2n) is 5.43. The maximum Gasteiger partial charge on any atom is 0.142 e. The van der Waals surface area contributed by atoms with Crippen molar-refractivity contribution in [2.24, 2.45) is 12.8 Å². The second kappa shape index (κ2) is 6.50. The number of benzene rings is 1. The lowest BCUT2D eigenvalue weighted by molar-refractivity contribution is 0.171. The first-order valence-corrected chi connectivity index (χ1v) is 7.47. The van der Waals surface area contributed by atoms with E-state index >= 15 is 0 Å². The third-order valence-electron chi connectivity index (χ3n) is 3.59. The maximum absolute atomic E-state index is 6.22. The highest BCUT2D eigenvalue weighted by Gasteiger charge is 2.22. The topological polar surface area (TPSA) is 53.1 Å². The van der Waals surface area contributed by atoms with E-state index in [2.05, 4.69) is 12.0 Å². The Morgan fingerprint density at radius 2 is 1.95 bits per heavy atom. The van der Waals surface area contributed by atoms with Crippen LogP contribution in [0, 0.1) is 13.8 Å². The Hall–Kier alpha value is -1.52. The van der Waals surface area contributed by atoms with Crippen molar-refractivity contribution in [3.63, 3.8) is 0 Å². The minimum atomic E-state index is -0.219. The molecule has 4 nitrogen and oxygen atoms in total. The van der Waals surface area contributed by atoms with Crippen LogP contribution >= 0.6 is 11.6 Å². The van der Waals surface area contributed by atoms with Crippen LogP contribution in [-0.4, -0.2) is 15.8 Å². The monoisotopic (exact) mass is 307 g/mol. The van der Waals surface area contributed by atoms with Crippen LogP contribution in [0.3, 0.4) is 0 Å². The minimum absolute atomic E-state index is 0.0921. The predicted molar refractivity (Wildman–Crippen MR) is 85.8 cm³/mol. The highest BCUT2D eigenvalue weighted by molar-refractivity contribution is 6.32. The number of nitrogens with two attached hydrogens (primary N) is 1. The van der Waals surface area contributed by atoms with Crippen LogP contribution in [0.2, 0.25) is 5.02 Å². The van der Waals surface area contributed by atoms with Gasteiger partial charge in [-0.2, -0.15) is 5.10 Å². The zero-order chi connectivity index (χ0) is 15.6. The fourth-order valence-electron chi connectivity index (χ4n) is 2.32. The number of aromatic nitrogens is 2. The van der Waals surface area contributed by atoms with Gasteiger partial charge in [0, 0.05) is 29.9 Å². The minimum Gasteiger partial charge on any atom is -0.484 e. The molecule has 1 aromatic heterocycles. The number of nitrogens with zero attached hydrogens (tertiary/aromatic N) is 2. The van der Waals surface area contributed by atoms with Gasteiger partial charge in [0.25, 0.3) is 0 Å². The van der Waals surface area contributed by atoms with E-state index in [-0.39, 0.29) is 12.1 Å². The van der Waals surface area contributed by atoms with Crippen LogP contribution < -0.4 is 10.5 Å². The number of halogens is 1. The van der Waals surface area contributed by atoms with Crippen molar-refractivity contribution in [2.45, 2.75) is 39.3 Å². The standard InChI is InChI=1S/C16H22ClN3O/c1-5-14(18)16(12-8-19-20(4)9-12)21-13-6-10(2)15(17)11(3)7-13/h6-9,14,16H,5,18H2,1-4H3. The summed E-state index contributed by atoms with van der Waals surface area (Å²) in [6, 6.07) is 3.80. The molecule has 0 spiro atoms. The van der Waals surface area contributed by atoms with Gasteiger partial charge in [-0.25, -0.2) is 0 Å². The van der Waals surface area contributed by atoms with Crippen molar-refractivity contribution < 1.29 is 4.74 Å². The Morgan fingerprint density at radius 3 is 2.43 bits per heavy atom. The van der Waals surface area contributed by atoms with Crippen molar-refractivity contribution in [1.29, 1.82) is 0 Å². The number of aryl methyl sites for hydroxylation is 3. The quantitative estimate of drug-likeness (QED) is 0.919. The first-order valence-electron chi connectivity index (χ1n) is 7.10. The van der Waals surface area contributed by atoms with Gasteiger partial charge in [-0.3, -0.25) is 4.68 Å². The van der Waals surface area contributed by atoms with E-state index in [0.29, 0.717) is 0 Å². The molecule has 2 rings (SSSR count). The lowest BCUT2D eigenvalue weighted by atomic mass is 10.0. The average Bonchev–Trinajstić information content (AvgIpc) is 2.87. The molecule has 0 aliphatic carbocycles. The summed E-state index contributed by atoms with van der Waals surface area (Å²) in [4.78, 5) is 0. The Labute approximate surface area is 130 Å². The Balaban J connectivity index is 2.31. The van der Waals surface area contributed by atoms with Crippen molar-refractivity contribution in [3.05, 3.63) is 46.2 Å². The Morgan fingerprint density at radius 1 is 1.33 bits per heavy atom. The molecule has 0 aliphatic heterocycles. The summed E-state index contributed by atoms with van der Waals surface area (Å²) >= 11 is 6.20. The molecule has 1 aromatic carbocycles. The molecule has 0 amide bonds. The number of hydrogen-bond acceptors (Lipinski definition) is 3. The third kappa shape index (κ3) is 3.57. The van der Waals surface area contributed by atoms with Crippen molar-refractivity contribution in [3.8, 4) is 5.75 Å². The summed E-state index contributed by atoms with van der Waals surface area (Å²) in [5.41, 5.74) is 9.21.